The topological polar surface area (TPSA) is 161 Å². The number of nitrogens with one attached hydrogen (secondary N) is 4. The highest BCUT2D eigenvalue weighted by Gasteiger charge is 2.42. The predicted octanol–water partition coefficient (Wildman–Crippen LogP) is 1.68. The Labute approximate surface area is 230 Å². The molecule has 0 aliphatic carbocycles. The first-order chi connectivity index (χ1) is 18.4. The molecule has 1 aromatic rings. The van der Waals surface area contributed by atoms with E-state index in [1.54, 1.807) is 12.1 Å². The zero-order valence-electron chi connectivity index (χ0n) is 21.1. The van der Waals surface area contributed by atoms with Gasteiger partial charge in [-0.2, -0.15) is 11.8 Å². The normalized spacial score (nSPS) is 19.9. The zero-order valence-corrected chi connectivity index (χ0v) is 22.8. The lowest BCUT2D eigenvalue weighted by molar-refractivity contribution is -0.384. The van der Waals surface area contributed by atoms with Gasteiger partial charge in [-0.15, -0.1) is 11.8 Å². The van der Waals surface area contributed by atoms with E-state index in [1.807, 2.05) is 11.8 Å². The lowest BCUT2D eigenvalue weighted by Gasteiger charge is -2.16. The van der Waals surface area contributed by atoms with E-state index >= 15 is 0 Å². The van der Waals surface area contributed by atoms with Crippen molar-refractivity contribution in [2.45, 2.75) is 47.9 Å². The van der Waals surface area contributed by atoms with Gasteiger partial charge in [0.1, 0.15) is 0 Å². The van der Waals surface area contributed by atoms with E-state index in [0.29, 0.717) is 51.2 Å². The number of fused-ring (bicyclic) bond motifs is 1. The summed E-state index contributed by atoms with van der Waals surface area (Å²) in [6.07, 6.45) is 3.26. The molecule has 3 atom stereocenters. The molecule has 210 valence electrons. The van der Waals surface area contributed by atoms with Crippen molar-refractivity contribution < 1.29 is 28.8 Å². The molecule has 38 heavy (non-hydrogen) atoms. The lowest BCUT2D eigenvalue weighted by atomic mass is 10.0. The zero-order chi connectivity index (χ0) is 27.2. The number of nitro groups is 1. The number of carbonyl (C=O) groups excluding carboxylic acids is 3. The van der Waals surface area contributed by atoms with E-state index < -0.39 is 4.92 Å². The van der Waals surface area contributed by atoms with Crippen LogP contribution in [0.3, 0.4) is 0 Å². The second-order valence-corrected chi connectivity index (χ2v) is 11.2. The Morgan fingerprint density at radius 3 is 2.39 bits per heavy atom. The third-order valence-electron chi connectivity index (χ3n) is 6.01. The van der Waals surface area contributed by atoms with Crippen LogP contribution in [0.5, 0.6) is 0 Å². The van der Waals surface area contributed by atoms with Gasteiger partial charge in [-0.3, -0.25) is 19.7 Å². The van der Waals surface area contributed by atoms with Gasteiger partial charge in [-0.25, -0.2) is 4.79 Å². The van der Waals surface area contributed by atoms with Crippen molar-refractivity contribution in [3.63, 3.8) is 0 Å². The summed E-state index contributed by atoms with van der Waals surface area (Å²) in [6.45, 7) is 2.37. The van der Waals surface area contributed by atoms with Crippen molar-refractivity contribution in [1.82, 2.24) is 21.3 Å². The summed E-state index contributed by atoms with van der Waals surface area (Å²) in [5, 5.41) is 22.6. The number of hydrogen-bond donors (Lipinski definition) is 4. The third kappa shape index (κ3) is 10.7. The first-order valence-electron chi connectivity index (χ1n) is 12.7. The van der Waals surface area contributed by atoms with E-state index in [-0.39, 0.29) is 41.4 Å². The van der Waals surface area contributed by atoms with Gasteiger partial charge in [-0.05, 0) is 25.0 Å². The highest BCUT2D eigenvalue weighted by molar-refractivity contribution is 8.00. The molecule has 14 heteroatoms. The van der Waals surface area contributed by atoms with Crippen LogP contribution in [-0.4, -0.2) is 91.1 Å². The number of nitrogens with zero attached hydrogens (tertiary/aromatic N) is 1. The summed E-state index contributed by atoms with van der Waals surface area (Å²) in [7, 11) is 0. The average Bonchev–Trinajstić information content (AvgIpc) is 3.45. The summed E-state index contributed by atoms with van der Waals surface area (Å²) in [5.74, 6) is 1.03. The van der Waals surface area contributed by atoms with E-state index in [2.05, 4.69) is 21.3 Å². The van der Waals surface area contributed by atoms with Crippen LogP contribution < -0.4 is 21.3 Å². The van der Waals surface area contributed by atoms with Crippen molar-refractivity contribution in [2.75, 3.05) is 51.0 Å². The monoisotopic (exact) mass is 569 g/mol. The predicted molar refractivity (Wildman–Crippen MR) is 145 cm³/mol. The molecule has 2 saturated heterocycles. The van der Waals surface area contributed by atoms with Crippen molar-refractivity contribution in [3.8, 4) is 0 Å². The Morgan fingerprint density at radius 2 is 1.71 bits per heavy atom. The van der Waals surface area contributed by atoms with E-state index in [4.69, 9.17) is 9.47 Å². The summed E-state index contributed by atoms with van der Waals surface area (Å²) in [6, 6.07) is 6.43. The Morgan fingerprint density at radius 1 is 1.03 bits per heavy atom. The molecule has 0 radical (unpaired) electrons. The van der Waals surface area contributed by atoms with Gasteiger partial charge in [0.15, 0.2) is 0 Å². The van der Waals surface area contributed by atoms with Crippen molar-refractivity contribution in [1.29, 1.82) is 0 Å². The summed E-state index contributed by atoms with van der Waals surface area (Å²) in [4.78, 5) is 46.2. The van der Waals surface area contributed by atoms with Crippen molar-refractivity contribution in [2.24, 2.45) is 0 Å². The molecule has 0 saturated carbocycles. The number of hydrogen-bond acceptors (Lipinski definition) is 9. The number of carbonyl (C=O) groups is 3. The van der Waals surface area contributed by atoms with Crippen LogP contribution in [-0.2, 0) is 19.1 Å². The Kier molecular flexibility index (Phi) is 13.0. The maximum atomic E-state index is 12.0. The molecular formula is C24H35N5O7S2. The van der Waals surface area contributed by atoms with Crippen LogP contribution in [0.2, 0.25) is 0 Å². The largest absolute Gasteiger partial charge is 0.377 e. The van der Waals surface area contributed by atoms with Gasteiger partial charge >= 0.3 is 6.03 Å². The standard InChI is InChI=1S/C24H35N5O7S2/c30-21(4-2-1-3-20-23-19(15-38-20)27-24(32)28-23)25-9-11-35-13-14-36-12-10-26-22(31)16-37-18-7-5-17(6-8-18)29(33)34/h5-8,19-20,23H,1-4,9-16H2,(H,25,30)(H,26,31)(H2,27,28,32)/t19-,20-,23-/m0/s1. The quantitative estimate of drug-likeness (QED) is 0.0678. The number of thioether (sulfide) groups is 2. The minimum atomic E-state index is -0.462. The molecule has 3 rings (SSSR count). The van der Waals surface area contributed by atoms with Crippen LogP contribution in [0.15, 0.2) is 29.2 Å². The van der Waals surface area contributed by atoms with Crippen molar-refractivity contribution in [3.05, 3.63) is 34.4 Å². The molecule has 0 bridgehead atoms. The third-order valence-corrected chi connectivity index (χ3v) is 8.53. The number of amides is 4. The lowest BCUT2D eigenvalue weighted by Crippen LogP contribution is -2.36. The van der Waals surface area contributed by atoms with Gasteiger partial charge in [0.05, 0.1) is 49.2 Å². The second-order valence-electron chi connectivity index (χ2n) is 8.83. The smallest absolute Gasteiger partial charge is 0.315 e. The maximum absolute atomic E-state index is 12.0. The molecular weight excluding hydrogens is 534 g/mol. The molecule has 12 nitrogen and oxygen atoms in total. The fourth-order valence-electron chi connectivity index (χ4n) is 4.07. The number of unbranched alkanes of at least 4 members (excludes halogenated alkanes) is 1. The highest BCUT2D eigenvalue weighted by atomic mass is 32.2. The van der Waals surface area contributed by atoms with Crippen LogP contribution in [0.4, 0.5) is 10.5 Å². The number of urea groups is 1. The molecule has 0 unspecified atom stereocenters. The molecule has 0 aromatic heterocycles. The molecule has 0 spiro atoms. The fourth-order valence-corrected chi connectivity index (χ4v) is 6.35. The minimum absolute atomic E-state index is 0.0140. The number of rotatable bonds is 18. The van der Waals surface area contributed by atoms with E-state index in [1.165, 1.54) is 23.9 Å². The molecule has 2 heterocycles. The van der Waals surface area contributed by atoms with Gasteiger partial charge in [0, 0.05) is 47.5 Å². The van der Waals surface area contributed by atoms with E-state index in [9.17, 15) is 24.5 Å². The first kappa shape index (κ1) is 30.0. The number of ether oxygens (including phenoxy) is 2. The molecule has 2 aliphatic heterocycles. The Bertz CT molecular complexity index is 937. The van der Waals surface area contributed by atoms with Gasteiger partial charge in [-0.1, -0.05) is 6.42 Å². The van der Waals surface area contributed by atoms with Gasteiger partial charge in [0.2, 0.25) is 11.8 Å². The molecule has 2 aliphatic rings. The van der Waals surface area contributed by atoms with Crippen molar-refractivity contribution >= 4 is 47.1 Å². The average molecular weight is 570 g/mol. The number of benzene rings is 1. The second kappa shape index (κ2) is 16.4. The molecule has 1 aromatic carbocycles. The number of non-ortho nitro benzene ring substituents is 1. The van der Waals surface area contributed by atoms with Crippen LogP contribution in [0.1, 0.15) is 25.7 Å². The van der Waals surface area contributed by atoms with Gasteiger partial charge in [0.25, 0.3) is 5.69 Å². The summed E-state index contributed by atoms with van der Waals surface area (Å²) >= 11 is 3.19. The molecule has 2 fully saturated rings. The molecule has 4 amide bonds. The minimum Gasteiger partial charge on any atom is -0.377 e. The van der Waals surface area contributed by atoms with E-state index in [0.717, 1.165) is 29.9 Å². The van der Waals surface area contributed by atoms with Crippen LogP contribution in [0, 0.1) is 10.1 Å². The van der Waals surface area contributed by atoms with Crippen LogP contribution in [0.25, 0.3) is 0 Å². The SMILES string of the molecule is O=C(CCCC[C@@H]1SC[C@@H]2NC(=O)N[C@@H]21)NCCOCCOCCNC(=O)CSc1ccc([N+](=O)[O-])cc1. The summed E-state index contributed by atoms with van der Waals surface area (Å²) in [5.41, 5.74) is 0.0176. The Balaban J connectivity index is 1.07. The molecule has 4 N–H and O–H groups in total. The fraction of sp³-hybridized carbons (Fsp3) is 0.625. The van der Waals surface area contributed by atoms with Crippen LogP contribution >= 0.6 is 23.5 Å². The maximum Gasteiger partial charge on any atom is 0.315 e. The first-order valence-corrected chi connectivity index (χ1v) is 14.7. The Hall–Kier alpha value is -2.55. The van der Waals surface area contributed by atoms with Gasteiger partial charge < -0.3 is 30.7 Å². The summed E-state index contributed by atoms with van der Waals surface area (Å²) < 4.78 is 10.9. The number of nitro benzene ring substituents is 1. The highest BCUT2D eigenvalue weighted by Crippen LogP contribution is 2.33.